The molecule has 0 saturated carbocycles. The molecular weight excluding hydrogens is 783 g/mol. The fraction of sp³-hybridized carbons (Fsp3) is 0.413. The standard InChI is InChI=1S/C24H26N2O3.C19H27N3O5.C2H6.CH4S/c1-7-8-18-15(2)23(27)29-24(18)19-11-9-16(25(3)4)13-21(19)28-22-14-17(26(5)6)10-12-20(22)24;1-14(23)20-11-7-3-6-10-17(24)21-13-18(25)22-16(19(26)27)12-15-8-4-2-5-9-15;2*1-2/h7-14H,1-6H3;2,4-5,8-9,16H,3,6-7,10-13H2,1H3,(H,20,23)(H,21,24)(H,22,25)(H,26,27);1-2H3;2H,1H3/b8-7-;;;/t;16-;;/m.0../s1. The summed E-state index contributed by atoms with van der Waals surface area (Å²) in [7, 11) is 7.96. The van der Waals surface area contributed by atoms with Gasteiger partial charge in [0.25, 0.3) is 0 Å². The Morgan fingerprint density at radius 1 is 0.833 bits per heavy atom. The number of carbonyl (C=O) groups is 5. The van der Waals surface area contributed by atoms with Crippen molar-refractivity contribution in [1.82, 2.24) is 16.0 Å². The summed E-state index contributed by atoms with van der Waals surface area (Å²) in [6.45, 7) is 9.54. The largest absolute Gasteiger partial charge is 0.480 e. The van der Waals surface area contributed by atoms with Gasteiger partial charge in [0.15, 0.2) is 5.60 Å². The molecule has 0 saturated heterocycles. The van der Waals surface area contributed by atoms with E-state index in [2.05, 4.69) is 28.6 Å². The van der Waals surface area contributed by atoms with E-state index in [1.54, 1.807) is 30.5 Å². The zero-order valence-electron chi connectivity index (χ0n) is 36.7. The van der Waals surface area contributed by atoms with Crippen molar-refractivity contribution < 1.29 is 38.6 Å². The average molecular weight is 846 g/mol. The van der Waals surface area contributed by atoms with Gasteiger partial charge in [0, 0.05) is 100 Å². The number of carboxylic acid groups (broad SMARTS) is 1. The molecule has 14 heteroatoms. The first-order valence-electron chi connectivity index (χ1n) is 20.1. The minimum Gasteiger partial charge on any atom is -0.480 e. The van der Waals surface area contributed by atoms with E-state index in [0.29, 0.717) is 30.0 Å². The lowest BCUT2D eigenvalue weighted by Gasteiger charge is -2.38. The molecule has 3 aromatic carbocycles. The summed E-state index contributed by atoms with van der Waals surface area (Å²) in [5.41, 5.74) is 4.98. The number of allylic oxidation sites excluding steroid dienone is 1. The zero-order valence-corrected chi connectivity index (χ0v) is 37.6. The van der Waals surface area contributed by atoms with Crippen LogP contribution < -0.4 is 30.5 Å². The van der Waals surface area contributed by atoms with Gasteiger partial charge in [-0.15, -0.1) is 0 Å². The van der Waals surface area contributed by atoms with Gasteiger partial charge in [-0.1, -0.05) is 62.8 Å². The van der Waals surface area contributed by atoms with Crippen molar-refractivity contribution >= 4 is 53.7 Å². The lowest BCUT2D eigenvalue weighted by Crippen LogP contribution is -2.46. The Kier molecular flexibility index (Phi) is 21.0. The summed E-state index contributed by atoms with van der Waals surface area (Å²) in [6, 6.07) is 20.0. The number of ether oxygens (including phenoxy) is 2. The molecule has 3 aromatic rings. The molecule has 0 radical (unpaired) electrons. The Morgan fingerprint density at radius 3 is 1.90 bits per heavy atom. The molecule has 4 N–H and O–H groups in total. The van der Waals surface area contributed by atoms with Crippen LogP contribution in [0.5, 0.6) is 11.5 Å². The van der Waals surface area contributed by atoms with Crippen molar-refractivity contribution in [3.63, 3.8) is 0 Å². The first kappa shape index (κ1) is 50.4. The lowest BCUT2D eigenvalue weighted by molar-refractivity contribution is -0.145. The highest BCUT2D eigenvalue weighted by Crippen LogP contribution is 2.57. The van der Waals surface area contributed by atoms with Crippen LogP contribution in [0.4, 0.5) is 11.4 Å². The van der Waals surface area contributed by atoms with Gasteiger partial charge in [-0.2, -0.15) is 12.6 Å². The highest BCUT2D eigenvalue weighted by Gasteiger charge is 2.53. The number of amides is 3. The number of benzene rings is 3. The highest BCUT2D eigenvalue weighted by molar-refractivity contribution is 7.79. The van der Waals surface area contributed by atoms with Crippen LogP contribution in [0, 0.1) is 0 Å². The quantitative estimate of drug-likeness (QED) is 0.0624. The van der Waals surface area contributed by atoms with Crippen molar-refractivity contribution in [3.8, 4) is 11.5 Å². The molecule has 60 heavy (non-hydrogen) atoms. The van der Waals surface area contributed by atoms with Crippen LogP contribution in [0.2, 0.25) is 0 Å². The van der Waals surface area contributed by atoms with Gasteiger partial charge < -0.3 is 40.3 Å². The predicted molar refractivity (Wildman–Crippen MR) is 242 cm³/mol. The third-order valence-corrected chi connectivity index (χ3v) is 9.43. The number of nitrogens with zero attached hydrogens (tertiary/aromatic N) is 2. The van der Waals surface area contributed by atoms with Gasteiger partial charge >= 0.3 is 11.9 Å². The molecule has 2 aliphatic heterocycles. The Bertz CT molecular complexity index is 1920. The molecule has 5 rings (SSSR count). The van der Waals surface area contributed by atoms with Gasteiger partial charge in [0.1, 0.15) is 17.5 Å². The van der Waals surface area contributed by atoms with E-state index in [1.165, 1.54) is 6.92 Å². The van der Waals surface area contributed by atoms with Crippen molar-refractivity contribution in [1.29, 1.82) is 0 Å². The third-order valence-electron chi connectivity index (χ3n) is 9.43. The second-order valence-corrected chi connectivity index (χ2v) is 14.1. The van der Waals surface area contributed by atoms with Gasteiger partial charge in [-0.3, -0.25) is 14.4 Å². The number of fused-ring (bicyclic) bond motifs is 4. The van der Waals surface area contributed by atoms with E-state index in [-0.39, 0.29) is 37.2 Å². The van der Waals surface area contributed by atoms with Crippen LogP contribution in [0.25, 0.3) is 0 Å². The number of unbranched alkanes of at least 4 members (excludes halogenated alkanes) is 2. The summed E-state index contributed by atoms with van der Waals surface area (Å²) in [6.07, 6.45) is 8.28. The molecule has 2 aliphatic rings. The zero-order chi connectivity index (χ0) is 45.0. The average Bonchev–Trinajstić information content (AvgIpc) is 3.48. The highest BCUT2D eigenvalue weighted by atomic mass is 32.1. The van der Waals surface area contributed by atoms with E-state index in [0.717, 1.165) is 46.5 Å². The van der Waals surface area contributed by atoms with Gasteiger partial charge in [0.2, 0.25) is 17.7 Å². The van der Waals surface area contributed by atoms with Crippen molar-refractivity contribution in [2.75, 3.05) is 57.3 Å². The Morgan fingerprint density at radius 2 is 1.40 bits per heavy atom. The number of carbonyl (C=O) groups excluding carboxylic acids is 4. The predicted octanol–water partition coefficient (Wildman–Crippen LogP) is 6.80. The molecule has 1 spiro atoms. The third kappa shape index (κ3) is 13.7. The maximum Gasteiger partial charge on any atom is 0.335 e. The monoisotopic (exact) mass is 845 g/mol. The van der Waals surface area contributed by atoms with Gasteiger partial charge in [-0.05, 0) is 62.8 Å². The Balaban J connectivity index is 0.000000383. The minimum absolute atomic E-state index is 0.0781. The van der Waals surface area contributed by atoms with E-state index < -0.39 is 23.5 Å². The summed E-state index contributed by atoms with van der Waals surface area (Å²) >= 11 is 3.53. The second kappa shape index (κ2) is 25.0. The molecule has 0 bridgehead atoms. The number of rotatable bonds is 15. The van der Waals surface area contributed by atoms with Crippen LogP contribution in [-0.2, 0) is 40.7 Å². The van der Waals surface area contributed by atoms with Crippen LogP contribution >= 0.6 is 12.6 Å². The van der Waals surface area contributed by atoms with Crippen molar-refractivity contribution in [3.05, 3.63) is 107 Å². The Hall–Kier alpha value is -5.76. The number of thiol groups is 1. The topological polar surface area (TPSA) is 167 Å². The number of hydrogen-bond donors (Lipinski definition) is 5. The van der Waals surface area contributed by atoms with Gasteiger partial charge in [0.05, 0.1) is 6.54 Å². The summed E-state index contributed by atoms with van der Waals surface area (Å²) in [5.74, 6) is -0.918. The molecule has 326 valence electrons. The SMILES string of the molecule is C/C=C\C1=C(C)C(=O)OC12c1ccc(N(C)C)cc1Oc1cc(N(C)C)ccc12.CC.CC(=O)NCCCCCC(=O)NCC(=O)N[C@@H](Cc1ccccc1)C(=O)O.CS. The number of anilines is 2. The molecule has 13 nitrogen and oxygen atoms in total. The minimum atomic E-state index is -1.13. The van der Waals surface area contributed by atoms with E-state index in [1.807, 2.05) is 120 Å². The molecule has 0 aliphatic carbocycles. The van der Waals surface area contributed by atoms with E-state index in [4.69, 9.17) is 9.47 Å². The van der Waals surface area contributed by atoms with Crippen LogP contribution in [0.15, 0.2) is 90.0 Å². The van der Waals surface area contributed by atoms with Crippen LogP contribution in [-0.4, -0.2) is 88.3 Å². The summed E-state index contributed by atoms with van der Waals surface area (Å²) in [5, 5.41) is 16.8. The Labute approximate surface area is 361 Å². The maximum atomic E-state index is 12.7. The number of esters is 1. The molecular formula is C46H63N5O8S. The molecule has 0 aromatic heterocycles. The van der Waals surface area contributed by atoms with Crippen LogP contribution in [0.3, 0.4) is 0 Å². The van der Waals surface area contributed by atoms with E-state index >= 15 is 0 Å². The molecule has 1 atom stereocenters. The number of hydrogen-bond acceptors (Lipinski definition) is 10. The molecule has 0 fully saturated rings. The normalized spacial score (nSPS) is 13.3. The number of nitrogens with one attached hydrogen (secondary N) is 3. The molecule has 3 amide bonds. The molecule has 2 heterocycles. The van der Waals surface area contributed by atoms with Crippen LogP contribution in [0.1, 0.15) is 77.0 Å². The maximum absolute atomic E-state index is 12.7. The first-order valence-corrected chi connectivity index (χ1v) is 21.0. The smallest absolute Gasteiger partial charge is 0.335 e. The summed E-state index contributed by atoms with van der Waals surface area (Å²) < 4.78 is 12.5. The van der Waals surface area contributed by atoms with Crippen molar-refractivity contribution in [2.24, 2.45) is 0 Å². The summed E-state index contributed by atoms with van der Waals surface area (Å²) in [4.78, 5) is 62.4. The van der Waals surface area contributed by atoms with E-state index in [9.17, 15) is 29.1 Å². The lowest BCUT2D eigenvalue weighted by atomic mass is 9.77. The fourth-order valence-corrected chi connectivity index (χ4v) is 6.46. The number of carboxylic acids is 1. The molecule has 0 unspecified atom stereocenters. The first-order chi connectivity index (χ1) is 28.7. The fourth-order valence-electron chi connectivity index (χ4n) is 6.46. The number of aliphatic carboxylic acids is 1. The van der Waals surface area contributed by atoms with Gasteiger partial charge in [-0.25, -0.2) is 9.59 Å². The second-order valence-electron chi connectivity index (χ2n) is 14.1. The van der Waals surface area contributed by atoms with Crippen molar-refractivity contribution in [2.45, 2.75) is 78.4 Å².